The third kappa shape index (κ3) is 19.3. The lowest BCUT2D eigenvalue weighted by molar-refractivity contribution is -0.305. The van der Waals surface area contributed by atoms with Crippen LogP contribution in [0, 0.1) is 0 Å². The molecule has 6 atom stereocenters. The Morgan fingerprint density at radius 3 is 1.55 bits per heavy atom. The van der Waals surface area contributed by atoms with E-state index in [4.69, 9.17) is 18.9 Å². The van der Waals surface area contributed by atoms with E-state index in [1.54, 1.807) is 0 Å². The molecule has 1 saturated heterocycles. The second-order valence-electron chi connectivity index (χ2n) is 12.3. The van der Waals surface area contributed by atoms with E-state index in [0.29, 0.717) is 6.42 Å². The lowest BCUT2D eigenvalue weighted by Gasteiger charge is -2.39. The van der Waals surface area contributed by atoms with Gasteiger partial charge in [-0.25, -0.2) is 0 Å². The molecule has 0 amide bonds. The summed E-state index contributed by atoms with van der Waals surface area (Å²) in [5.74, 6) is -0.809. The second kappa shape index (κ2) is 26.9. The molecule has 1 rings (SSSR count). The monoisotopic (exact) mass is 632 g/mol. The Morgan fingerprint density at radius 2 is 1.07 bits per heavy atom. The number of unbranched alkanes of at least 4 members (excludes halogenated alkanes) is 17. The fraction of sp³-hybridized carbons (Fsp3) is 0.941. The molecule has 1 heterocycles. The molecule has 44 heavy (non-hydrogen) atoms. The highest BCUT2D eigenvalue weighted by Crippen LogP contribution is 2.22. The first kappa shape index (κ1) is 40.7. The molecule has 0 aromatic rings. The second-order valence-corrected chi connectivity index (χ2v) is 12.3. The van der Waals surface area contributed by atoms with Crippen molar-refractivity contribution < 1.29 is 49.0 Å². The van der Waals surface area contributed by atoms with Crippen LogP contribution in [0.1, 0.15) is 149 Å². The Bertz CT molecular complexity index is 704. The average molecular weight is 633 g/mol. The Balaban J connectivity index is 2.41. The fourth-order valence-corrected chi connectivity index (χ4v) is 5.36. The van der Waals surface area contributed by atoms with Gasteiger partial charge in [0.25, 0.3) is 0 Å². The Labute approximate surface area is 266 Å². The molecule has 4 N–H and O–H groups in total. The van der Waals surface area contributed by atoms with Crippen LogP contribution in [0.25, 0.3) is 0 Å². The molecule has 0 aromatic carbocycles. The predicted molar refractivity (Wildman–Crippen MR) is 169 cm³/mol. The van der Waals surface area contributed by atoms with Crippen molar-refractivity contribution in [2.75, 3.05) is 19.8 Å². The number of carbonyl (C=O) groups excluding carboxylic acids is 2. The van der Waals surface area contributed by atoms with Crippen molar-refractivity contribution in [2.45, 2.75) is 185 Å². The molecule has 260 valence electrons. The zero-order valence-corrected chi connectivity index (χ0v) is 27.7. The Hall–Kier alpha value is -1.30. The molecule has 0 spiro atoms. The molecule has 0 aromatic heterocycles. The predicted octanol–water partition coefficient (Wildman–Crippen LogP) is 5.49. The van der Waals surface area contributed by atoms with Gasteiger partial charge in [0.15, 0.2) is 12.4 Å². The van der Waals surface area contributed by atoms with Gasteiger partial charge >= 0.3 is 11.9 Å². The fourth-order valence-electron chi connectivity index (χ4n) is 5.36. The quantitative estimate of drug-likeness (QED) is 0.0644. The molecular weight excluding hydrogens is 568 g/mol. The maximum Gasteiger partial charge on any atom is 0.306 e. The summed E-state index contributed by atoms with van der Waals surface area (Å²) in [5, 5.41) is 39.7. The van der Waals surface area contributed by atoms with Gasteiger partial charge in [-0.3, -0.25) is 9.59 Å². The molecule has 10 nitrogen and oxygen atoms in total. The number of esters is 2. The SMILES string of the molecule is CCCCCCCCCCCCCCC(=O)OC[C@@H](CO[C@H]1O[C@@H](CO)[C@@H](O)C(O)C1O)OC(=O)CCCCCCCCC. The maximum atomic E-state index is 12.5. The first-order valence-electron chi connectivity index (χ1n) is 17.6. The van der Waals surface area contributed by atoms with Gasteiger partial charge in [0.05, 0.1) is 13.2 Å². The van der Waals surface area contributed by atoms with Gasteiger partial charge in [0.1, 0.15) is 31.0 Å². The molecule has 1 fully saturated rings. The third-order valence-electron chi connectivity index (χ3n) is 8.24. The van der Waals surface area contributed by atoms with Crippen molar-refractivity contribution in [3.05, 3.63) is 0 Å². The van der Waals surface area contributed by atoms with E-state index in [2.05, 4.69) is 13.8 Å². The maximum absolute atomic E-state index is 12.5. The normalized spacial score (nSPS) is 22.5. The van der Waals surface area contributed by atoms with Crippen LogP contribution >= 0.6 is 0 Å². The largest absolute Gasteiger partial charge is 0.462 e. The summed E-state index contributed by atoms with van der Waals surface area (Å²) in [6.07, 6.45) is 14.3. The summed E-state index contributed by atoms with van der Waals surface area (Å²) in [7, 11) is 0. The van der Waals surface area contributed by atoms with Gasteiger partial charge in [-0.05, 0) is 12.8 Å². The molecule has 0 aliphatic carbocycles. The first-order chi connectivity index (χ1) is 21.3. The van der Waals surface area contributed by atoms with Gasteiger partial charge in [-0.15, -0.1) is 0 Å². The minimum atomic E-state index is -1.59. The molecule has 0 bridgehead atoms. The molecule has 0 saturated carbocycles. The number of hydrogen-bond acceptors (Lipinski definition) is 10. The number of ether oxygens (including phenoxy) is 4. The van der Waals surface area contributed by atoms with Gasteiger partial charge < -0.3 is 39.4 Å². The lowest BCUT2D eigenvalue weighted by Crippen LogP contribution is -2.59. The summed E-state index contributed by atoms with van der Waals surface area (Å²) in [6.45, 7) is 3.34. The van der Waals surface area contributed by atoms with Crippen LogP contribution in [0.3, 0.4) is 0 Å². The summed E-state index contributed by atoms with van der Waals surface area (Å²) >= 11 is 0. The first-order valence-corrected chi connectivity index (χ1v) is 17.6. The Kier molecular flexibility index (Phi) is 24.9. The molecular formula is C34H64O10. The summed E-state index contributed by atoms with van der Waals surface area (Å²) in [6, 6.07) is 0. The Morgan fingerprint density at radius 1 is 0.614 bits per heavy atom. The standard InChI is InChI=1S/C34H64O10/c1-3-5-7-9-11-12-13-14-15-17-18-20-22-29(36)41-25-27(43-30(37)23-21-19-16-10-8-6-4-2)26-42-34-33(40)32(39)31(38)28(24-35)44-34/h27-28,31-35,38-40H,3-26H2,1-2H3/t27-,28-,31+,32?,33?,34-/m0/s1. The van der Waals surface area contributed by atoms with E-state index in [0.717, 1.165) is 38.5 Å². The van der Waals surface area contributed by atoms with Crippen molar-refractivity contribution >= 4 is 11.9 Å². The van der Waals surface area contributed by atoms with Crippen LogP contribution in [0.15, 0.2) is 0 Å². The highest BCUT2D eigenvalue weighted by molar-refractivity contribution is 5.70. The van der Waals surface area contributed by atoms with Crippen LogP contribution in [-0.2, 0) is 28.5 Å². The molecule has 10 heteroatoms. The summed E-state index contributed by atoms with van der Waals surface area (Å²) in [4.78, 5) is 24.9. The van der Waals surface area contributed by atoms with Crippen LogP contribution < -0.4 is 0 Å². The van der Waals surface area contributed by atoms with Crippen LogP contribution in [0.5, 0.6) is 0 Å². The zero-order valence-electron chi connectivity index (χ0n) is 27.7. The van der Waals surface area contributed by atoms with Crippen molar-refractivity contribution in [2.24, 2.45) is 0 Å². The molecule has 2 unspecified atom stereocenters. The summed E-state index contributed by atoms with van der Waals surface area (Å²) < 4.78 is 21.9. The van der Waals surface area contributed by atoms with E-state index in [1.165, 1.54) is 77.0 Å². The highest BCUT2D eigenvalue weighted by atomic mass is 16.7. The van der Waals surface area contributed by atoms with Gasteiger partial charge in [-0.1, -0.05) is 123 Å². The minimum Gasteiger partial charge on any atom is -0.462 e. The number of aliphatic hydroxyl groups is 4. The summed E-state index contributed by atoms with van der Waals surface area (Å²) in [5.41, 5.74) is 0. The average Bonchev–Trinajstić information content (AvgIpc) is 3.02. The number of rotatable bonds is 28. The minimum absolute atomic E-state index is 0.211. The smallest absolute Gasteiger partial charge is 0.306 e. The number of hydrogen-bond donors (Lipinski definition) is 4. The lowest BCUT2D eigenvalue weighted by atomic mass is 9.99. The van der Waals surface area contributed by atoms with Crippen LogP contribution in [0.4, 0.5) is 0 Å². The van der Waals surface area contributed by atoms with Gasteiger partial charge in [-0.2, -0.15) is 0 Å². The van der Waals surface area contributed by atoms with Crippen molar-refractivity contribution in [3.63, 3.8) is 0 Å². The van der Waals surface area contributed by atoms with E-state index < -0.39 is 49.4 Å². The van der Waals surface area contributed by atoms with Gasteiger partial charge in [0, 0.05) is 12.8 Å². The van der Waals surface area contributed by atoms with E-state index in [-0.39, 0.29) is 32.0 Å². The number of carbonyl (C=O) groups is 2. The topological polar surface area (TPSA) is 152 Å². The van der Waals surface area contributed by atoms with Gasteiger partial charge in [0.2, 0.25) is 0 Å². The zero-order chi connectivity index (χ0) is 32.4. The van der Waals surface area contributed by atoms with Crippen LogP contribution in [0.2, 0.25) is 0 Å². The third-order valence-corrected chi connectivity index (χ3v) is 8.24. The molecule has 0 radical (unpaired) electrons. The highest BCUT2D eigenvalue weighted by Gasteiger charge is 2.44. The van der Waals surface area contributed by atoms with Crippen molar-refractivity contribution in [1.82, 2.24) is 0 Å². The van der Waals surface area contributed by atoms with E-state index in [9.17, 15) is 30.0 Å². The van der Waals surface area contributed by atoms with Crippen LogP contribution in [-0.4, -0.2) is 89.0 Å². The van der Waals surface area contributed by atoms with Crippen molar-refractivity contribution in [1.29, 1.82) is 0 Å². The van der Waals surface area contributed by atoms with E-state index in [1.807, 2.05) is 0 Å². The van der Waals surface area contributed by atoms with E-state index >= 15 is 0 Å². The van der Waals surface area contributed by atoms with Crippen molar-refractivity contribution in [3.8, 4) is 0 Å². The molecule has 1 aliphatic rings. The number of aliphatic hydroxyl groups excluding tert-OH is 4. The molecule has 1 aliphatic heterocycles.